The summed E-state index contributed by atoms with van der Waals surface area (Å²) >= 11 is 1.01. The summed E-state index contributed by atoms with van der Waals surface area (Å²) in [4.78, 5) is 37.2. The average molecular weight is 345 g/mol. The number of anilines is 1. The third-order valence-corrected chi connectivity index (χ3v) is 4.85. The summed E-state index contributed by atoms with van der Waals surface area (Å²) in [6, 6.07) is 11.8. The van der Waals surface area contributed by atoms with Gasteiger partial charge in [0.25, 0.3) is 0 Å². The number of nitrogens with zero attached hydrogens (tertiary/aromatic N) is 1. The zero-order chi connectivity index (χ0) is 17.3. The van der Waals surface area contributed by atoms with Crippen LogP contribution < -0.4 is 4.90 Å². The second kappa shape index (κ2) is 6.45. The van der Waals surface area contributed by atoms with E-state index < -0.39 is 28.9 Å². The van der Waals surface area contributed by atoms with E-state index in [-0.39, 0.29) is 17.7 Å². The molecule has 0 bridgehead atoms. The van der Waals surface area contributed by atoms with Crippen LogP contribution in [0.15, 0.2) is 53.4 Å². The minimum atomic E-state index is -1.11. The largest absolute Gasteiger partial charge is 0.478 e. The van der Waals surface area contributed by atoms with Crippen LogP contribution in [-0.4, -0.2) is 28.1 Å². The number of thioether (sulfide) groups is 1. The Balaban J connectivity index is 1.88. The van der Waals surface area contributed by atoms with Crippen molar-refractivity contribution in [2.75, 3.05) is 4.90 Å². The van der Waals surface area contributed by atoms with Gasteiger partial charge in [0.15, 0.2) is 0 Å². The van der Waals surface area contributed by atoms with Gasteiger partial charge >= 0.3 is 5.97 Å². The van der Waals surface area contributed by atoms with Crippen LogP contribution in [0.25, 0.3) is 0 Å². The van der Waals surface area contributed by atoms with Gasteiger partial charge in [-0.25, -0.2) is 14.1 Å². The number of hydrogen-bond acceptors (Lipinski definition) is 4. The summed E-state index contributed by atoms with van der Waals surface area (Å²) in [5, 5.41) is 8.42. The summed E-state index contributed by atoms with van der Waals surface area (Å²) in [7, 11) is 0. The monoisotopic (exact) mass is 345 g/mol. The van der Waals surface area contributed by atoms with Gasteiger partial charge in [0.2, 0.25) is 11.8 Å². The molecule has 0 aromatic heterocycles. The standard InChI is InChI=1S/C17H12FNO4S/c18-11-6-2-3-7-12(11)19-15(20)9-14(16(19)21)24-13-8-4-1-5-10(13)17(22)23/h1-8,14H,9H2,(H,22,23)/t14-/m0/s1. The number of halogens is 1. The predicted octanol–water partition coefficient (Wildman–Crippen LogP) is 2.95. The number of hydrogen-bond donors (Lipinski definition) is 1. The van der Waals surface area contributed by atoms with Gasteiger partial charge in [0.1, 0.15) is 5.82 Å². The fraction of sp³-hybridized carbons (Fsp3) is 0.118. The number of amides is 2. The number of carbonyl (C=O) groups excluding carboxylic acids is 2. The Morgan fingerprint density at radius 1 is 1.12 bits per heavy atom. The SMILES string of the molecule is O=C(O)c1ccccc1S[C@H]1CC(=O)N(c2ccccc2F)C1=O. The molecule has 1 saturated heterocycles. The molecule has 2 amide bonds. The van der Waals surface area contributed by atoms with Crippen LogP contribution in [0.4, 0.5) is 10.1 Å². The molecule has 0 aliphatic carbocycles. The Bertz CT molecular complexity index is 839. The molecule has 0 unspecified atom stereocenters. The topological polar surface area (TPSA) is 74.7 Å². The van der Waals surface area contributed by atoms with Crippen molar-refractivity contribution in [3.05, 3.63) is 59.9 Å². The molecule has 24 heavy (non-hydrogen) atoms. The summed E-state index contributed by atoms with van der Waals surface area (Å²) in [5.74, 6) is -2.82. The minimum absolute atomic E-state index is 0.0621. The number of carbonyl (C=O) groups is 3. The highest BCUT2D eigenvalue weighted by Gasteiger charge is 2.41. The molecule has 7 heteroatoms. The number of rotatable bonds is 4. The highest BCUT2D eigenvalue weighted by Crippen LogP contribution is 2.36. The molecule has 1 aliphatic heterocycles. The van der Waals surface area contributed by atoms with E-state index in [1.807, 2.05) is 0 Å². The lowest BCUT2D eigenvalue weighted by atomic mass is 10.2. The molecule has 2 aromatic carbocycles. The van der Waals surface area contributed by atoms with Crippen molar-refractivity contribution in [1.82, 2.24) is 0 Å². The lowest BCUT2D eigenvalue weighted by Crippen LogP contribution is -2.31. The molecule has 5 nitrogen and oxygen atoms in total. The van der Waals surface area contributed by atoms with Gasteiger partial charge in [0, 0.05) is 11.3 Å². The second-order valence-corrected chi connectivity index (χ2v) is 6.38. The molecule has 1 atom stereocenters. The molecule has 1 aliphatic rings. The molecule has 3 rings (SSSR count). The second-order valence-electron chi connectivity index (χ2n) is 5.13. The maximum atomic E-state index is 13.9. The first kappa shape index (κ1) is 16.2. The fourth-order valence-electron chi connectivity index (χ4n) is 2.48. The van der Waals surface area contributed by atoms with Gasteiger partial charge in [0.05, 0.1) is 16.5 Å². The molecule has 0 spiro atoms. The first-order chi connectivity index (χ1) is 11.5. The summed E-state index contributed by atoms with van der Waals surface area (Å²) < 4.78 is 13.9. The van der Waals surface area contributed by atoms with Crippen LogP contribution in [-0.2, 0) is 9.59 Å². The number of para-hydroxylation sites is 1. The lowest BCUT2D eigenvalue weighted by molar-refractivity contribution is -0.121. The Morgan fingerprint density at radius 2 is 1.79 bits per heavy atom. The fourth-order valence-corrected chi connectivity index (χ4v) is 3.66. The summed E-state index contributed by atoms with van der Waals surface area (Å²) in [5.41, 5.74) is -0.0192. The quantitative estimate of drug-likeness (QED) is 0.863. The van der Waals surface area contributed by atoms with Gasteiger partial charge in [-0.05, 0) is 24.3 Å². The zero-order valence-corrected chi connectivity index (χ0v) is 13.1. The van der Waals surface area contributed by atoms with E-state index in [9.17, 15) is 23.9 Å². The Labute approximate surface area is 141 Å². The van der Waals surface area contributed by atoms with Gasteiger partial charge in [-0.15, -0.1) is 11.8 Å². The zero-order valence-electron chi connectivity index (χ0n) is 12.3. The van der Waals surface area contributed by atoms with Gasteiger partial charge in [-0.1, -0.05) is 24.3 Å². The molecule has 0 radical (unpaired) electrons. The molecular weight excluding hydrogens is 333 g/mol. The van der Waals surface area contributed by atoms with Crippen molar-refractivity contribution in [1.29, 1.82) is 0 Å². The van der Waals surface area contributed by atoms with Crippen molar-refractivity contribution in [3.8, 4) is 0 Å². The van der Waals surface area contributed by atoms with Crippen molar-refractivity contribution >= 4 is 35.2 Å². The van der Waals surface area contributed by atoms with E-state index >= 15 is 0 Å². The Morgan fingerprint density at radius 3 is 2.50 bits per heavy atom. The number of benzene rings is 2. The first-order valence-corrected chi connectivity index (χ1v) is 7.97. The molecule has 1 N–H and O–H groups in total. The van der Waals surface area contributed by atoms with Crippen LogP contribution in [0.3, 0.4) is 0 Å². The summed E-state index contributed by atoms with van der Waals surface area (Å²) in [6.45, 7) is 0. The number of carboxylic acids is 1. The van der Waals surface area contributed by atoms with Crippen LogP contribution in [0, 0.1) is 5.82 Å². The predicted molar refractivity (Wildman–Crippen MR) is 86.6 cm³/mol. The van der Waals surface area contributed by atoms with Gasteiger partial charge < -0.3 is 5.11 Å². The van der Waals surface area contributed by atoms with E-state index in [1.54, 1.807) is 24.3 Å². The molecule has 2 aromatic rings. The van der Waals surface area contributed by atoms with Crippen LogP contribution in [0.1, 0.15) is 16.8 Å². The molecular formula is C17H12FNO4S. The van der Waals surface area contributed by atoms with E-state index in [4.69, 9.17) is 0 Å². The van der Waals surface area contributed by atoms with E-state index in [0.717, 1.165) is 16.7 Å². The van der Waals surface area contributed by atoms with Crippen molar-refractivity contribution in [2.24, 2.45) is 0 Å². The lowest BCUT2D eigenvalue weighted by Gasteiger charge is -2.15. The van der Waals surface area contributed by atoms with E-state index in [1.165, 1.54) is 24.3 Å². The average Bonchev–Trinajstić information content (AvgIpc) is 2.82. The maximum Gasteiger partial charge on any atom is 0.336 e. The van der Waals surface area contributed by atoms with E-state index in [0.29, 0.717) is 4.90 Å². The van der Waals surface area contributed by atoms with Gasteiger partial charge in [-0.2, -0.15) is 0 Å². The number of imide groups is 1. The third-order valence-electron chi connectivity index (χ3n) is 3.59. The van der Waals surface area contributed by atoms with Gasteiger partial charge in [-0.3, -0.25) is 9.59 Å². The Hall–Kier alpha value is -2.67. The molecule has 1 heterocycles. The number of aromatic carboxylic acids is 1. The van der Waals surface area contributed by atoms with Crippen LogP contribution >= 0.6 is 11.8 Å². The van der Waals surface area contributed by atoms with Crippen molar-refractivity contribution < 1.29 is 23.9 Å². The van der Waals surface area contributed by atoms with Crippen molar-refractivity contribution in [2.45, 2.75) is 16.6 Å². The molecule has 122 valence electrons. The minimum Gasteiger partial charge on any atom is -0.478 e. The highest BCUT2D eigenvalue weighted by atomic mass is 32.2. The summed E-state index contributed by atoms with van der Waals surface area (Å²) in [6.07, 6.45) is -0.105. The smallest absolute Gasteiger partial charge is 0.336 e. The Kier molecular flexibility index (Phi) is 4.35. The maximum absolute atomic E-state index is 13.9. The highest BCUT2D eigenvalue weighted by molar-refractivity contribution is 8.00. The molecule has 0 saturated carbocycles. The third kappa shape index (κ3) is 2.90. The first-order valence-electron chi connectivity index (χ1n) is 7.09. The van der Waals surface area contributed by atoms with Crippen LogP contribution in [0.5, 0.6) is 0 Å². The van der Waals surface area contributed by atoms with Crippen LogP contribution in [0.2, 0.25) is 0 Å². The normalized spacial score (nSPS) is 17.4. The van der Waals surface area contributed by atoms with Crippen molar-refractivity contribution in [3.63, 3.8) is 0 Å². The molecule has 1 fully saturated rings. The number of carboxylic acid groups (broad SMARTS) is 1. The van der Waals surface area contributed by atoms with E-state index in [2.05, 4.69) is 0 Å².